The summed E-state index contributed by atoms with van der Waals surface area (Å²) in [5.74, 6) is -0.209. The number of hydrogen-bond donors (Lipinski definition) is 9. The van der Waals surface area contributed by atoms with Gasteiger partial charge in [-0.3, -0.25) is 4.79 Å². The first kappa shape index (κ1) is 52.1. The van der Waals surface area contributed by atoms with Crippen LogP contribution in [0.15, 0.2) is 0 Å². The minimum Gasteiger partial charge on any atom is -0.394 e. The number of carbonyl (C=O) groups excluding carboxylic acids is 1. The van der Waals surface area contributed by atoms with Gasteiger partial charge in [0.2, 0.25) is 5.91 Å². The Morgan fingerprint density at radius 3 is 1.49 bits per heavy atom. The Kier molecular flexibility index (Phi) is 29.1. The summed E-state index contributed by atoms with van der Waals surface area (Å²) in [6, 6.07) is -0.818. The van der Waals surface area contributed by atoms with Crippen molar-refractivity contribution in [1.29, 1.82) is 0 Å². The third kappa shape index (κ3) is 20.4. The molecule has 0 radical (unpaired) electrons. The normalized spacial score (nSPS) is 29.0. The average Bonchev–Trinajstić information content (AvgIpc) is 3.21. The van der Waals surface area contributed by atoms with E-state index in [0.29, 0.717) is 12.8 Å². The molecule has 14 heteroatoms. The Morgan fingerprint density at radius 1 is 0.561 bits per heavy atom. The standard InChI is InChI=1S/C43H83NO13/c1-3-5-7-9-11-13-15-17-18-20-22-24-26-32(47)31(44-35(48)27-25-23-21-19-16-14-12-10-8-6-4-2)30-54-42-40(53)38(51)41(34(29-46)56-42)57-43-39(52)37(50)36(49)33(28-45)55-43/h31-34,36-43,45-47,49-53H,3-30H2,1-2H3,(H,44,48). The molecule has 0 spiro atoms. The molecule has 2 aliphatic rings. The number of amides is 1. The van der Waals surface area contributed by atoms with Crippen LogP contribution in [-0.4, -0.2) is 140 Å². The first-order chi connectivity index (χ1) is 27.6. The molecule has 2 rings (SSSR count). The van der Waals surface area contributed by atoms with E-state index in [1.807, 2.05) is 0 Å². The van der Waals surface area contributed by atoms with Crippen molar-refractivity contribution in [2.45, 2.75) is 248 Å². The Labute approximate surface area is 343 Å². The number of ether oxygens (including phenoxy) is 4. The smallest absolute Gasteiger partial charge is 0.220 e. The first-order valence-corrected chi connectivity index (χ1v) is 22.8. The van der Waals surface area contributed by atoms with Crippen LogP contribution in [0.25, 0.3) is 0 Å². The van der Waals surface area contributed by atoms with Gasteiger partial charge >= 0.3 is 0 Å². The van der Waals surface area contributed by atoms with Crippen LogP contribution < -0.4 is 5.32 Å². The number of aliphatic hydroxyl groups excluding tert-OH is 8. The van der Waals surface area contributed by atoms with Crippen LogP contribution in [0.3, 0.4) is 0 Å². The lowest BCUT2D eigenvalue weighted by Gasteiger charge is -2.46. The number of nitrogens with one attached hydrogen (secondary N) is 1. The van der Waals surface area contributed by atoms with Gasteiger partial charge < -0.3 is 65.1 Å². The second kappa shape index (κ2) is 31.8. The van der Waals surface area contributed by atoms with Crippen molar-refractivity contribution < 1.29 is 64.6 Å². The Morgan fingerprint density at radius 2 is 1.00 bits per heavy atom. The molecule has 2 saturated heterocycles. The lowest BCUT2D eigenvalue weighted by atomic mass is 9.97. The quantitative estimate of drug-likeness (QED) is 0.0414. The van der Waals surface area contributed by atoms with E-state index < -0.39 is 86.8 Å². The summed E-state index contributed by atoms with van der Waals surface area (Å²) in [4.78, 5) is 13.1. The van der Waals surface area contributed by atoms with Crippen LogP contribution in [0.1, 0.15) is 174 Å². The predicted molar refractivity (Wildman–Crippen MR) is 217 cm³/mol. The van der Waals surface area contributed by atoms with Gasteiger partial charge in [-0.1, -0.05) is 155 Å². The molecule has 1 amide bonds. The summed E-state index contributed by atoms with van der Waals surface area (Å²) < 4.78 is 22.7. The zero-order valence-corrected chi connectivity index (χ0v) is 35.3. The van der Waals surface area contributed by atoms with Crippen molar-refractivity contribution in [2.24, 2.45) is 0 Å². The Hall–Kier alpha value is -1.01. The van der Waals surface area contributed by atoms with Gasteiger partial charge in [-0.05, 0) is 12.8 Å². The van der Waals surface area contributed by atoms with E-state index in [4.69, 9.17) is 18.9 Å². The Bertz CT molecular complexity index is 977. The van der Waals surface area contributed by atoms with Crippen LogP contribution in [0, 0.1) is 0 Å². The molecule has 9 N–H and O–H groups in total. The van der Waals surface area contributed by atoms with Crippen molar-refractivity contribution in [1.82, 2.24) is 5.32 Å². The van der Waals surface area contributed by atoms with Crippen LogP contribution in [0.4, 0.5) is 0 Å². The summed E-state index contributed by atoms with van der Waals surface area (Å²) in [5.41, 5.74) is 0. The highest BCUT2D eigenvalue weighted by atomic mass is 16.7. The lowest BCUT2D eigenvalue weighted by molar-refractivity contribution is -0.359. The lowest BCUT2D eigenvalue weighted by Crippen LogP contribution is -2.65. The number of rotatable bonds is 34. The van der Waals surface area contributed by atoms with E-state index in [-0.39, 0.29) is 12.5 Å². The van der Waals surface area contributed by atoms with Crippen LogP contribution >= 0.6 is 0 Å². The van der Waals surface area contributed by atoms with E-state index in [1.165, 1.54) is 96.3 Å². The number of unbranched alkanes of at least 4 members (excludes halogenated alkanes) is 21. The largest absolute Gasteiger partial charge is 0.394 e. The molecule has 0 aromatic rings. The maximum atomic E-state index is 13.1. The van der Waals surface area contributed by atoms with Gasteiger partial charge in [0, 0.05) is 6.42 Å². The maximum Gasteiger partial charge on any atom is 0.220 e. The van der Waals surface area contributed by atoms with Gasteiger partial charge in [-0.25, -0.2) is 0 Å². The van der Waals surface area contributed by atoms with Crippen LogP contribution in [0.5, 0.6) is 0 Å². The molecule has 57 heavy (non-hydrogen) atoms. The second-order valence-corrected chi connectivity index (χ2v) is 16.5. The van der Waals surface area contributed by atoms with Crippen molar-refractivity contribution in [2.75, 3.05) is 19.8 Å². The number of carbonyl (C=O) groups is 1. The highest BCUT2D eigenvalue weighted by molar-refractivity contribution is 5.76. The highest BCUT2D eigenvalue weighted by Crippen LogP contribution is 2.30. The molecule has 0 aromatic carbocycles. The molecule has 14 nitrogen and oxygen atoms in total. The van der Waals surface area contributed by atoms with Crippen molar-refractivity contribution >= 4 is 5.91 Å². The molecular formula is C43H83NO13. The van der Waals surface area contributed by atoms with E-state index >= 15 is 0 Å². The minimum absolute atomic E-state index is 0.209. The van der Waals surface area contributed by atoms with Gasteiger partial charge in [0.15, 0.2) is 12.6 Å². The topological polar surface area (TPSA) is 228 Å². The summed E-state index contributed by atoms with van der Waals surface area (Å²) >= 11 is 0. The van der Waals surface area contributed by atoms with Crippen molar-refractivity contribution in [3.05, 3.63) is 0 Å². The zero-order valence-electron chi connectivity index (χ0n) is 35.3. The molecule has 2 aliphatic heterocycles. The van der Waals surface area contributed by atoms with Crippen molar-refractivity contribution in [3.8, 4) is 0 Å². The molecular weight excluding hydrogens is 738 g/mol. The summed E-state index contributed by atoms with van der Waals surface area (Å²) in [7, 11) is 0. The molecule has 12 unspecified atom stereocenters. The second-order valence-electron chi connectivity index (χ2n) is 16.5. The molecule has 338 valence electrons. The van der Waals surface area contributed by atoms with Gasteiger partial charge in [0.05, 0.1) is 32.0 Å². The molecule has 0 aromatic heterocycles. The third-order valence-electron chi connectivity index (χ3n) is 11.6. The highest BCUT2D eigenvalue weighted by Gasteiger charge is 2.51. The maximum absolute atomic E-state index is 13.1. The predicted octanol–water partition coefficient (Wildman–Crippen LogP) is 4.27. The van der Waals surface area contributed by atoms with Gasteiger partial charge in [0.1, 0.15) is 48.8 Å². The van der Waals surface area contributed by atoms with E-state index in [1.54, 1.807) is 0 Å². The summed E-state index contributed by atoms with van der Waals surface area (Å²) in [6.45, 7) is 2.81. The van der Waals surface area contributed by atoms with Gasteiger partial charge in [-0.15, -0.1) is 0 Å². The Balaban J connectivity index is 1.89. The van der Waals surface area contributed by atoms with E-state index in [9.17, 15) is 45.6 Å². The van der Waals surface area contributed by atoms with Crippen LogP contribution in [0.2, 0.25) is 0 Å². The molecule has 12 atom stereocenters. The van der Waals surface area contributed by atoms with Gasteiger partial charge in [0.25, 0.3) is 0 Å². The first-order valence-electron chi connectivity index (χ1n) is 22.8. The van der Waals surface area contributed by atoms with Crippen molar-refractivity contribution in [3.63, 3.8) is 0 Å². The fraction of sp³-hybridized carbons (Fsp3) is 0.977. The minimum atomic E-state index is -1.78. The zero-order chi connectivity index (χ0) is 41.8. The number of aliphatic hydroxyl groups is 8. The molecule has 2 fully saturated rings. The summed E-state index contributed by atoms with van der Waals surface area (Å²) in [5, 5.41) is 86.5. The fourth-order valence-electron chi connectivity index (χ4n) is 7.76. The monoisotopic (exact) mass is 822 g/mol. The molecule has 0 bridgehead atoms. The molecule has 0 saturated carbocycles. The SMILES string of the molecule is CCCCCCCCCCCCCCC(O)C(COC1OC(CO)C(OC2OC(CO)C(O)C(O)C2O)C(O)C1O)NC(=O)CCCCCCCCCCCCC. The molecule has 0 aliphatic carbocycles. The fourth-order valence-corrected chi connectivity index (χ4v) is 7.76. The summed E-state index contributed by atoms with van der Waals surface area (Å²) in [6.07, 6.45) is 11.1. The van der Waals surface area contributed by atoms with Crippen LogP contribution in [-0.2, 0) is 23.7 Å². The van der Waals surface area contributed by atoms with E-state index in [0.717, 1.165) is 51.4 Å². The molecule has 2 heterocycles. The average molecular weight is 822 g/mol. The third-order valence-corrected chi connectivity index (χ3v) is 11.6. The van der Waals surface area contributed by atoms with E-state index in [2.05, 4.69) is 19.2 Å². The van der Waals surface area contributed by atoms with Gasteiger partial charge in [-0.2, -0.15) is 0 Å². The number of hydrogen-bond acceptors (Lipinski definition) is 13.